The number of carbonyl (C=O) groups is 2. The van der Waals surface area contributed by atoms with E-state index in [0.717, 1.165) is 47.1 Å². The number of piperidine rings is 1. The molecule has 4 N–H and O–H groups in total. The van der Waals surface area contributed by atoms with Crippen LogP contribution in [0.25, 0.3) is 10.9 Å². The predicted molar refractivity (Wildman–Crippen MR) is 176 cm³/mol. The monoisotopic (exact) mass is 603 g/mol. The van der Waals surface area contributed by atoms with Crippen LogP contribution < -0.4 is 16.6 Å². The molecule has 1 saturated heterocycles. The van der Waals surface area contributed by atoms with Gasteiger partial charge in [0.25, 0.3) is 5.56 Å². The molecule has 2 fully saturated rings. The molecule has 0 radical (unpaired) electrons. The Morgan fingerprint density at radius 1 is 1.20 bits per heavy atom. The molecular formula is C34H49N7O3. The van der Waals surface area contributed by atoms with Crippen LogP contribution >= 0.6 is 0 Å². The van der Waals surface area contributed by atoms with Crippen molar-refractivity contribution in [2.75, 3.05) is 18.8 Å². The largest absolute Gasteiger partial charge is 0.368 e. The van der Waals surface area contributed by atoms with Crippen LogP contribution in [-0.4, -0.2) is 51.3 Å². The molecule has 0 bridgehead atoms. The molecule has 1 unspecified atom stereocenters. The van der Waals surface area contributed by atoms with Gasteiger partial charge in [-0.3, -0.25) is 14.4 Å². The minimum Gasteiger partial charge on any atom is -0.368 e. The van der Waals surface area contributed by atoms with E-state index in [9.17, 15) is 14.4 Å². The number of benzene rings is 1. The van der Waals surface area contributed by atoms with Crippen molar-refractivity contribution >= 4 is 29.2 Å². The van der Waals surface area contributed by atoms with Gasteiger partial charge in [-0.2, -0.15) is 5.26 Å². The summed E-state index contributed by atoms with van der Waals surface area (Å²) in [6, 6.07) is 10.5. The molecule has 2 amide bonds. The van der Waals surface area contributed by atoms with Gasteiger partial charge in [0.2, 0.25) is 18.3 Å². The standard InChI is InChI=1S/C14H13N3O2.C13H23NO.C5H7N3.C2H6/c1-9-2-3-13-10(4-9)5-11(14(19)17-13)6-12(7-15)16-8-18;1-12(2,3)6-11(15)14-7-9-10(8-14)13(9,4)5;1-4-2-3-7-5(6)8-4;1-2/h2-5,8,12H,6H2,1H3,(H,16,18)(H,17,19);9-10H,6-8H2,1-5H3;2-3H,1H3,(H2,6,7,8);1-2H3/t12-;9-,10?;;/m00../s1. The number of rotatable bonds is 5. The highest BCUT2D eigenvalue weighted by molar-refractivity contribution is 5.79. The number of hydrogen-bond acceptors (Lipinski definition) is 7. The maximum absolute atomic E-state index is 12.0. The van der Waals surface area contributed by atoms with Crippen molar-refractivity contribution < 1.29 is 9.59 Å². The number of nitrogens with one attached hydrogen (secondary N) is 2. The maximum Gasteiger partial charge on any atom is 0.251 e. The Hall–Kier alpha value is -4.26. The summed E-state index contributed by atoms with van der Waals surface area (Å²) < 4.78 is 0. The SMILES string of the molecule is CC.CC(C)(C)CC(=O)N1CC2[C@H](C1)C2(C)C.Cc1ccc2[nH]c(=O)c(C[C@@H](C#N)NC=O)cc2c1.Cc1ccnc(N)n1. The maximum atomic E-state index is 12.0. The van der Waals surface area contributed by atoms with E-state index in [1.807, 2.05) is 52.0 Å². The predicted octanol–water partition coefficient (Wildman–Crippen LogP) is 4.95. The molecule has 10 heteroatoms. The molecule has 1 saturated carbocycles. The first-order valence-electron chi connectivity index (χ1n) is 15.2. The quantitative estimate of drug-likeness (QED) is 0.348. The van der Waals surface area contributed by atoms with Crippen molar-refractivity contribution in [3.8, 4) is 6.07 Å². The number of nitriles is 1. The number of carbonyl (C=O) groups excluding carboxylic acids is 2. The second-order valence-corrected chi connectivity index (χ2v) is 13.0. The number of likely N-dealkylation sites (tertiary alicyclic amines) is 1. The lowest BCUT2D eigenvalue weighted by Gasteiger charge is -2.26. The van der Waals surface area contributed by atoms with Crippen LogP contribution in [0.5, 0.6) is 0 Å². The minimum atomic E-state index is -0.694. The Bertz CT molecular complexity index is 1490. The van der Waals surface area contributed by atoms with Gasteiger partial charge in [0.1, 0.15) is 6.04 Å². The van der Waals surface area contributed by atoms with E-state index in [4.69, 9.17) is 11.0 Å². The summed E-state index contributed by atoms with van der Waals surface area (Å²) in [6.45, 7) is 20.9. The van der Waals surface area contributed by atoms with Crippen LogP contribution in [-0.2, 0) is 16.0 Å². The van der Waals surface area contributed by atoms with Gasteiger partial charge in [0.15, 0.2) is 0 Å². The molecule has 3 aromatic rings. The summed E-state index contributed by atoms with van der Waals surface area (Å²) >= 11 is 0. The topological polar surface area (TPSA) is 158 Å². The molecule has 3 heterocycles. The number of aryl methyl sites for hydroxylation is 2. The number of H-pyrrole nitrogens is 1. The first-order valence-corrected chi connectivity index (χ1v) is 15.2. The van der Waals surface area contributed by atoms with E-state index in [1.165, 1.54) is 0 Å². The lowest BCUT2D eigenvalue weighted by atomic mass is 9.91. The number of nitrogen functional groups attached to an aromatic ring is 1. The molecule has 3 atom stereocenters. The molecule has 1 aliphatic carbocycles. The fourth-order valence-electron chi connectivity index (χ4n) is 5.34. The van der Waals surface area contributed by atoms with Crippen molar-refractivity contribution in [1.29, 1.82) is 5.26 Å². The van der Waals surface area contributed by atoms with E-state index < -0.39 is 6.04 Å². The fourth-order valence-corrected chi connectivity index (χ4v) is 5.34. The zero-order valence-corrected chi connectivity index (χ0v) is 27.7. The summed E-state index contributed by atoms with van der Waals surface area (Å²) in [5.41, 5.74) is 8.88. The second kappa shape index (κ2) is 15.5. The molecule has 5 rings (SSSR count). The van der Waals surface area contributed by atoms with Crippen LogP contribution in [0.15, 0.2) is 41.3 Å². The van der Waals surface area contributed by atoms with Crippen molar-refractivity contribution in [1.82, 2.24) is 25.2 Å². The number of aromatic nitrogens is 3. The summed E-state index contributed by atoms with van der Waals surface area (Å²) in [4.78, 5) is 46.6. The highest BCUT2D eigenvalue weighted by Crippen LogP contribution is 2.62. The third-order valence-electron chi connectivity index (χ3n) is 7.90. The molecular weight excluding hydrogens is 554 g/mol. The first-order chi connectivity index (χ1) is 20.6. The average Bonchev–Trinajstić information content (AvgIpc) is 3.26. The van der Waals surface area contributed by atoms with E-state index in [-0.39, 0.29) is 17.4 Å². The molecule has 10 nitrogen and oxygen atoms in total. The van der Waals surface area contributed by atoms with Gasteiger partial charge in [-0.25, -0.2) is 9.97 Å². The van der Waals surface area contributed by atoms with Crippen LogP contribution in [0.2, 0.25) is 0 Å². The molecule has 1 aromatic carbocycles. The number of aromatic amines is 1. The summed E-state index contributed by atoms with van der Waals surface area (Å²) in [6.07, 6.45) is 2.98. The Morgan fingerprint density at radius 3 is 2.34 bits per heavy atom. The number of nitrogens with zero attached hydrogens (tertiary/aromatic N) is 4. The Labute approximate surface area is 261 Å². The zero-order valence-electron chi connectivity index (χ0n) is 27.7. The van der Waals surface area contributed by atoms with Crippen LogP contribution in [0.1, 0.15) is 71.7 Å². The molecule has 1 aliphatic heterocycles. The van der Waals surface area contributed by atoms with E-state index in [0.29, 0.717) is 35.7 Å². The van der Waals surface area contributed by atoms with Gasteiger partial charge in [0, 0.05) is 48.9 Å². The van der Waals surface area contributed by atoms with Crippen molar-refractivity contribution in [3.05, 3.63) is 63.7 Å². The van der Waals surface area contributed by atoms with Crippen LogP contribution in [0.4, 0.5) is 5.95 Å². The number of amides is 2. The molecule has 44 heavy (non-hydrogen) atoms. The normalized spacial score (nSPS) is 18.0. The molecule has 238 valence electrons. The van der Waals surface area contributed by atoms with Gasteiger partial charge in [0.05, 0.1) is 6.07 Å². The minimum absolute atomic E-state index is 0.124. The number of nitrogens with two attached hydrogens (primary N) is 1. The highest BCUT2D eigenvalue weighted by atomic mass is 16.2. The summed E-state index contributed by atoms with van der Waals surface area (Å²) in [7, 11) is 0. The second-order valence-electron chi connectivity index (χ2n) is 13.0. The lowest BCUT2D eigenvalue weighted by Crippen LogP contribution is -2.35. The van der Waals surface area contributed by atoms with Crippen LogP contribution in [0.3, 0.4) is 0 Å². The molecule has 0 spiro atoms. The summed E-state index contributed by atoms with van der Waals surface area (Å²) in [5.74, 6) is 2.25. The van der Waals surface area contributed by atoms with Crippen molar-refractivity contribution in [3.63, 3.8) is 0 Å². The smallest absolute Gasteiger partial charge is 0.251 e. The first kappa shape index (κ1) is 35.9. The van der Waals surface area contributed by atoms with E-state index in [2.05, 4.69) is 59.8 Å². The van der Waals surface area contributed by atoms with Gasteiger partial charge in [-0.05, 0) is 66.2 Å². The third kappa shape index (κ3) is 10.2. The number of hydrogen-bond donors (Lipinski definition) is 3. The Kier molecular flexibility index (Phi) is 12.6. The lowest BCUT2D eigenvalue weighted by molar-refractivity contribution is -0.132. The van der Waals surface area contributed by atoms with Gasteiger partial charge >= 0.3 is 0 Å². The van der Waals surface area contributed by atoms with Crippen molar-refractivity contribution in [2.24, 2.45) is 22.7 Å². The van der Waals surface area contributed by atoms with Gasteiger partial charge in [-0.1, -0.05) is 60.1 Å². The number of anilines is 1. The number of pyridine rings is 1. The Balaban J connectivity index is 0.000000240. The fraction of sp³-hybridized carbons (Fsp3) is 0.529. The van der Waals surface area contributed by atoms with Gasteiger partial charge < -0.3 is 20.9 Å². The average molecular weight is 604 g/mol. The highest BCUT2D eigenvalue weighted by Gasteiger charge is 2.62. The molecule has 2 aliphatic rings. The van der Waals surface area contributed by atoms with E-state index >= 15 is 0 Å². The third-order valence-corrected chi connectivity index (χ3v) is 7.90. The molecule has 2 aromatic heterocycles. The Morgan fingerprint density at radius 2 is 1.84 bits per heavy atom. The summed E-state index contributed by atoms with van der Waals surface area (Å²) in [5, 5.41) is 12.2. The number of fused-ring (bicyclic) bond motifs is 2. The van der Waals surface area contributed by atoms with Crippen LogP contribution in [0, 0.1) is 47.8 Å². The van der Waals surface area contributed by atoms with Gasteiger partial charge in [-0.15, -0.1) is 0 Å². The zero-order chi connectivity index (χ0) is 33.2. The van der Waals surface area contributed by atoms with E-state index in [1.54, 1.807) is 18.3 Å². The van der Waals surface area contributed by atoms with Crippen molar-refractivity contribution in [2.45, 2.75) is 81.2 Å².